The molecule has 1 heterocycles. The van der Waals surface area contributed by atoms with E-state index in [0.717, 1.165) is 23.4 Å². The van der Waals surface area contributed by atoms with Crippen LogP contribution in [-0.4, -0.2) is 29.4 Å². The van der Waals surface area contributed by atoms with E-state index in [1.165, 1.54) is 0 Å². The van der Waals surface area contributed by atoms with Crippen LogP contribution in [0.1, 0.15) is 18.4 Å². The molecule has 1 atom stereocenters. The summed E-state index contributed by atoms with van der Waals surface area (Å²) in [6, 6.07) is 16.3. The molecule has 0 aliphatic carbocycles. The smallest absolute Gasteiger partial charge is 0.322 e. The van der Waals surface area contributed by atoms with Crippen molar-refractivity contribution in [2.75, 3.05) is 17.2 Å². The third-order valence-corrected chi connectivity index (χ3v) is 4.24. The van der Waals surface area contributed by atoms with Crippen molar-refractivity contribution in [3.63, 3.8) is 0 Å². The fourth-order valence-electron chi connectivity index (χ4n) is 2.93. The molecule has 2 N–H and O–H groups in total. The topological polar surface area (TPSA) is 61.4 Å². The first-order valence-corrected chi connectivity index (χ1v) is 8.14. The predicted octanol–water partition coefficient (Wildman–Crippen LogP) is 3.63. The third-order valence-electron chi connectivity index (χ3n) is 4.24. The molecule has 3 amide bonds. The van der Waals surface area contributed by atoms with Gasteiger partial charge >= 0.3 is 6.03 Å². The summed E-state index contributed by atoms with van der Waals surface area (Å²) >= 11 is 0. The third kappa shape index (κ3) is 3.56. The Balaban J connectivity index is 1.67. The van der Waals surface area contributed by atoms with Crippen LogP contribution < -0.4 is 10.6 Å². The van der Waals surface area contributed by atoms with Crippen LogP contribution in [0.3, 0.4) is 0 Å². The van der Waals surface area contributed by atoms with Gasteiger partial charge in [-0.25, -0.2) is 4.79 Å². The number of amides is 3. The highest BCUT2D eigenvalue weighted by molar-refractivity contribution is 5.99. The molecule has 0 aromatic heterocycles. The zero-order valence-corrected chi connectivity index (χ0v) is 13.7. The Morgan fingerprint density at radius 3 is 2.46 bits per heavy atom. The zero-order chi connectivity index (χ0) is 16.9. The van der Waals surface area contributed by atoms with E-state index in [9.17, 15) is 9.59 Å². The number of benzene rings is 2. The fourth-order valence-corrected chi connectivity index (χ4v) is 2.93. The highest BCUT2D eigenvalue weighted by Crippen LogP contribution is 2.21. The van der Waals surface area contributed by atoms with Crippen LogP contribution in [0, 0.1) is 6.92 Å². The molecule has 0 spiro atoms. The van der Waals surface area contributed by atoms with Crippen molar-refractivity contribution in [1.29, 1.82) is 0 Å². The fraction of sp³-hybridized carbons (Fsp3) is 0.263. The minimum Gasteiger partial charge on any atom is -0.324 e. The van der Waals surface area contributed by atoms with E-state index in [1.54, 1.807) is 4.90 Å². The molecule has 0 bridgehead atoms. The lowest BCUT2D eigenvalue weighted by Gasteiger charge is -2.24. The maximum atomic E-state index is 12.6. The molecule has 2 aromatic carbocycles. The number of anilines is 2. The van der Waals surface area contributed by atoms with E-state index in [2.05, 4.69) is 10.6 Å². The van der Waals surface area contributed by atoms with Crippen LogP contribution in [-0.2, 0) is 4.79 Å². The molecule has 1 fully saturated rings. The summed E-state index contributed by atoms with van der Waals surface area (Å²) in [6.45, 7) is 2.53. The molecule has 1 aliphatic heterocycles. The van der Waals surface area contributed by atoms with Crippen LogP contribution in [0.2, 0.25) is 0 Å². The van der Waals surface area contributed by atoms with Gasteiger partial charge in [0.15, 0.2) is 0 Å². The first-order valence-electron chi connectivity index (χ1n) is 8.14. The number of likely N-dealkylation sites (tertiary alicyclic amines) is 1. The van der Waals surface area contributed by atoms with Gasteiger partial charge in [-0.2, -0.15) is 0 Å². The molecule has 0 unspecified atom stereocenters. The van der Waals surface area contributed by atoms with Crippen LogP contribution in [0.15, 0.2) is 54.6 Å². The maximum Gasteiger partial charge on any atom is 0.322 e. The van der Waals surface area contributed by atoms with E-state index < -0.39 is 6.04 Å². The van der Waals surface area contributed by atoms with Crippen LogP contribution >= 0.6 is 0 Å². The van der Waals surface area contributed by atoms with Crippen molar-refractivity contribution in [3.8, 4) is 0 Å². The Kier molecular flexibility index (Phi) is 4.79. The van der Waals surface area contributed by atoms with Crippen molar-refractivity contribution < 1.29 is 9.59 Å². The average Bonchev–Trinajstić information content (AvgIpc) is 3.08. The van der Waals surface area contributed by atoms with Crippen molar-refractivity contribution in [3.05, 3.63) is 60.2 Å². The van der Waals surface area contributed by atoms with Crippen molar-refractivity contribution in [2.24, 2.45) is 0 Å². The normalized spacial score (nSPS) is 16.7. The van der Waals surface area contributed by atoms with Crippen molar-refractivity contribution in [1.82, 2.24) is 4.90 Å². The number of urea groups is 1. The molecule has 3 rings (SSSR count). The minimum absolute atomic E-state index is 0.140. The summed E-state index contributed by atoms with van der Waals surface area (Å²) in [4.78, 5) is 26.7. The summed E-state index contributed by atoms with van der Waals surface area (Å²) < 4.78 is 0. The molecule has 124 valence electrons. The molecule has 5 nitrogen and oxygen atoms in total. The number of nitrogens with zero attached hydrogens (tertiary/aromatic N) is 1. The molecule has 5 heteroatoms. The first-order chi connectivity index (χ1) is 11.6. The van der Waals surface area contributed by atoms with Gasteiger partial charge in [0.1, 0.15) is 6.04 Å². The number of hydrogen-bond donors (Lipinski definition) is 2. The molecule has 1 aliphatic rings. The summed E-state index contributed by atoms with van der Waals surface area (Å²) in [6.07, 6.45) is 1.51. The number of aryl methyl sites for hydroxylation is 1. The SMILES string of the molecule is Cc1ccccc1NC(=O)N1CCC[C@H]1C(=O)Nc1ccccc1. The van der Waals surface area contributed by atoms with Gasteiger partial charge in [-0.15, -0.1) is 0 Å². The second-order valence-electron chi connectivity index (χ2n) is 5.95. The Morgan fingerprint density at radius 1 is 1.00 bits per heavy atom. The zero-order valence-electron chi connectivity index (χ0n) is 13.7. The molecule has 24 heavy (non-hydrogen) atoms. The number of carbonyl (C=O) groups is 2. The average molecular weight is 323 g/mol. The van der Waals surface area contributed by atoms with Gasteiger partial charge in [0, 0.05) is 17.9 Å². The number of para-hydroxylation sites is 2. The van der Waals surface area contributed by atoms with Gasteiger partial charge < -0.3 is 15.5 Å². The Hall–Kier alpha value is -2.82. The van der Waals surface area contributed by atoms with Gasteiger partial charge in [-0.1, -0.05) is 36.4 Å². The molecule has 2 aromatic rings. The molecular weight excluding hydrogens is 302 g/mol. The largest absolute Gasteiger partial charge is 0.324 e. The Morgan fingerprint density at radius 2 is 1.71 bits per heavy atom. The standard InChI is InChI=1S/C19H21N3O2/c1-14-8-5-6-11-16(14)21-19(24)22-13-7-12-17(22)18(23)20-15-9-3-2-4-10-15/h2-6,8-11,17H,7,12-13H2,1H3,(H,20,23)(H,21,24)/t17-/m0/s1. The summed E-state index contributed by atoms with van der Waals surface area (Å²) in [5, 5.41) is 5.79. The van der Waals surface area contributed by atoms with Crippen LogP contribution in [0.5, 0.6) is 0 Å². The van der Waals surface area contributed by atoms with Gasteiger partial charge in [0.05, 0.1) is 0 Å². The lowest BCUT2D eigenvalue weighted by atomic mass is 10.2. The number of carbonyl (C=O) groups excluding carboxylic acids is 2. The van der Waals surface area contributed by atoms with E-state index in [0.29, 0.717) is 13.0 Å². The predicted molar refractivity (Wildman–Crippen MR) is 95.0 cm³/mol. The monoisotopic (exact) mass is 323 g/mol. The van der Waals surface area contributed by atoms with E-state index in [-0.39, 0.29) is 11.9 Å². The Labute approximate surface area is 141 Å². The summed E-state index contributed by atoms with van der Waals surface area (Å²) in [5.74, 6) is -0.140. The van der Waals surface area contributed by atoms with E-state index in [4.69, 9.17) is 0 Å². The van der Waals surface area contributed by atoms with Crippen molar-refractivity contribution >= 4 is 23.3 Å². The number of hydrogen-bond acceptors (Lipinski definition) is 2. The van der Waals surface area contributed by atoms with E-state index >= 15 is 0 Å². The lowest BCUT2D eigenvalue weighted by molar-refractivity contribution is -0.119. The molecule has 1 saturated heterocycles. The highest BCUT2D eigenvalue weighted by Gasteiger charge is 2.34. The maximum absolute atomic E-state index is 12.6. The summed E-state index contributed by atoms with van der Waals surface area (Å²) in [5.41, 5.74) is 2.51. The molecule has 0 radical (unpaired) electrons. The van der Waals surface area contributed by atoms with Crippen LogP contribution in [0.4, 0.5) is 16.2 Å². The van der Waals surface area contributed by atoms with Crippen LogP contribution in [0.25, 0.3) is 0 Å². The Bertz CT molecular complexity index is 730. The molecular formula is C19H21N3O2. The second kappa shape index (κ2) is 7.17. The number of nitrogens with one attached hydrogen (secondary N) is 2. The van der Waals surface area contributed by atoms with Gasteiger partial charge in [0.2, 0.25) is 5.91 Å². The van der Waals surface area contributed by atoms with Gasteiger partial charge in [-0.3, -0.25) is 4.79 Å². The quantitative estimate of drug-likeness (QED) is 0.906. The summed E-state index contributed by atoms with van der Waals surface area (Å²) in [7, 11) is 0. The minimum atomic E-state index is -0.436. The molecule has 0 saturated carbocycles. The second-order valence-corrected chi connectivity index (χ2v) is 5.95. The van der Waals surface area contributed by atoms with Gasteiger partial charge in [0.25, 0.3) is 0 Å². The highest BCUT2D eigenvalue weighted by atomic mass is 16.2. The number of rotatable bonds is 3. The lowest BCUT2D eigenvalue weighted by Crippen LogP contribution is -2.45. The van der Waals surface area contributed by atoms with E-state index in [1.807, 2.05) is 61.5 Å². The van der Waals surface area contributed by atoms with Crippen molar-refractivity contribution in [2.45, 2.75) is 25.8 Å². The first kappa shape index (κ1) is 16.1. The van der Waals surface area contributed by atoms with Gasteiger partial charge in [-0.05, 0) is 43.5 Å².